The van der Waals surface area contributed by atoms with Crippen LogP contribution in [0.5, 0.6) is 5.75 Å². The molecule has 2 heterocycles. The molecule has 2 aromatic carbocycles. The summed E-state index contributed by atoms with van der Waals surface area (Å²) < 4.78 is 7.12. The minimum atomic E-state index is -0.427. The number of hydrogen-bond acceptors (Lipinski definition) is 7. The van der Waals surface area contributed by atoms with Crippen molar-refractivity contribution in [2.24, 2.45) is 0 Å². The topological polar surface area (TPSA) is 116 Å². The molecule has 0 saturated heterocycles. The standard InChI is InChI=1S/C18H16N6O4/c25-18(11-28-16-6-3-14(4-7-16)23-12-19-20-21-23)22-9-1-2-13-10-15(24(26)27)5-8-17(13)22/h3-8,10,12H,1-2,9,11H2. The zero-order chi connectivity index (χ0) is 19.5. The van der Waals surface area contributed by atoms with Crippen molar-refractivity contribution in [2.45, 2.75) is 12.8 Å². The van der Waals surface area contributed by atoms with Crippen molar-refractivity contribution in [1.29, 1.82) is 0 Å². The average molecular weight is 380 g/mol. The largest absolute Gasteiger partial charge is 0.484 e. The van der Waals surface area contributed by atoms with E-state index >= 15 is 0 Å². The number of nitro groups is 1. The fraction of sp³-hybridized carbons (Fsp3) is 0.222. The Morgan fingerprint density at radius 3 is 2.75 bits per heavy atom. The SMILES string of the molecule is O=C(COc1ccc(-n2cnnn2)cc1)N1CCCc2cc([N+](=O)[O-])ccc21. The van der Waals surface area contributed by atoms with Crippen LogP contribution < -0.4 is 9.64 Å². The van der Waals surface area contributed by atoms with Gasteiger partial charge in [0.25, 0.3) is 11.6 Å². The molecule has 28 heavy (non-hydrogen) atoms. The molecule has 10 heteroatoms. The van der Waals surface area contributed by atoms with Gasteiger partial charge in [0, 0.05) is 24.4 Å². The Hall–Kier alpha value is -3.82. The Bertz CT molecular complexity index is 1000. The lowest BCUT2D eigenvalue weighted by molar-refractivity contribution is -0.384. The van der Waals surface area contributed by atoms with Crippen molar-refractivity contribution in [3.05, 3.63) is 64.5 Å². The van der Waals surface area contributed by atoms with Crippen LogP contribution in [0.15, 0.2) is 48.8 Å². The summed E-state index contributed by atoms with van der Waals surface area (Å²) in [4.78, 5) is 24.8. The maximum atomic E-state index is 12.6. The van der Waals surface area contributed by atoms with Crippen LogP contribution in [0.4, 0.5) is 11.4 Å². The number of non-ortho nitro benzene ring substituents is 1. The van der Waals surface area contributed by atoms with E-state index in [4.69, 9.17) is 4.74 Å². The number of amides is 1. The van der Waals surface area contributed by atoms with Gasteiger partial charge in [-0.25, -0.2) is 4.68 Å². The first-order valence-corrected chi connectivity index (χ1v) is 8.66. The number of aromatic nitrogens is 4. The van der Waals surface area contributed by atoms with Gasteiger partial charge < -0.3 is 9.64 Å². The molecule has 0 bridgehead atoms. The number of fused-ring (bicyclic) bond motifs is 1. The van der Waals surface area contributed by atoms with Crippen LogP contribution in [-0.2, 0) is 11.2 Å². The highest BCUT2D eigenvalue weighted by atomic mass is 16.6. The number of nitro benzene ring substituents is 1. The summed E-state index contributed by atoms with van der Waals surface area (Å²) >= 11 is 0. The predicted molar refractivity (Wildman–Crippen MR) is 98.4 cm³/mol. The van der Waals surface area contributed by atoms with E-state index in [2.05, 4.69) is 15.5 Å². The number of hydrogen-bond donors (Lipinski definition) is 0. The third kappa shape index (κ3) is 3.52. The highest BCUT2D eigenvalue weighted by Crippen LogP contribution is 2.30. The van der Waals surface area contributed by atoms with E-state index < -0.39 is 4.92 Å². The highest BCUT2D eigenvalue weighted by Gasteiger charge is 2.24. The third-order valence-electron chi connectivity index (χ3n) is 4.51. The first-order valence-electron chi connectivity index (χ1n) is 8.66. The number of nitrogens with zero attached hydrogens (tertiary/aromatic N) is 6. The second kappa shape index (κ2) is 7.43. The minimum absolute atomic E-state index is 0.0342. The van der Waals surface area contributed by atoms with Gasteiger partial charge in [-0.3, -0.25) is 14.9 Å². The number of ether oxygens (including phenoxy) is 1. The molecule has 10 nitrogen and oxygen atoms in total. The summed E-state index contributed by atoms with van der Waals surface area (Å²) in [5, 5.41) is 21.9. The van der Waals surface area contributed by atoms with Crippen LogP contribution in [0.2, 0.25) is 0 Å². The molecule has 0 saturated carbocycles. The lowest BCUT2D eigenvalue weighted by Gasteiger charge is -2.29. The van der Waals surface area contributed by atoms with E-state index in [-0.39, 0.29) is 18.2 Å². The number of tetrazole rings is 1. The normalized spacial score (nSPS) is 13.1. The molecule has 1 aliphatic heterocycles. The molecule has 0 radical (unpaired) electrons. The molecule has 1 aliphatic rings. The predicted octanol–water partition coefficient (Wildman–Crippen LogP) is 1.93. The van der Waals surface area contributed by atoms with Gasteiger partial charge in [-0.2, -0.15) is 0 Å². The van der Waals surface area contributed by atoms with Crippen molar-refractivity contribution in [1.82, 2.24) is 20.2 Å². The molecule has 0 unspecified atom stereocenters. The Kier molecular flexibility index (Phi) is 4.67. The fourth-order valence-corrected chi connectivity index (χ4v) is 3.15. The maximum Gasteiger partial charge on any atom is 0.269 e. The molecular formula is C18H16N6O4. The van der Waals surface area contributed by atoms with Gasteiger partial charge in [0.2, 0.25) is 0 Å². The number of carbonyl (C=O) groups is 1. The molecule has 142 valence electrons. The third-order valence-corrected chi connectivity index (χ3v) is 4.51. The maximum absolute atomic E-state index is 12.6. The zero-order valence-corrected chi connectivity index (χ0v) is 14.8. The summed E-state index contributed by atoms with van der Waals surface area (Å²) in [6, 6.07) is 11.6. The smallest absolute Gasteiger partial charge is 0.269 e. The molecule has 0 atom stereocenters. The van der Waals surface area contributed by atoms with Crippen LogP contribution in [-0.4, -0.2) is 44.2 Å². The van der Waals surface area contributed by atoms with Crippen LogP contribution in [0.3, 0.4) is 0 Å². The average Bonchev–Trinajstić information content (AvgIpc) is 3.26. The van der Waals surface area contributed by atoms with Gasteiger partial charge in [0.05, 0.1) is 10.6 Å². The molecule has 0 fully saturated rings. The number of carbonyl (C=O) groups excluding carboxylic acids is 1. The van der Waals surface area contributed by atoms with Gasteiger partial charge in [0.15, 0.2) is 6.61 Å². The van der Waals surface area contributed by atoms with Crippen LogP contribution in [0, 0.1) is 10.1 Å². The van der Waals surface area contributed by atoms with Crippen molar-refractivity contribution < 1.29 is 14.5 Å². The van der Waals surface area contributed by atoms with Gasteiger partial charge >= 0.3 is 0 Å². The van der Waals surface area contributed by atoms with Crippen LogP contribution in [0.25, 0.3) is 5.69 Å². The van der Waals surface area contributed by atoms with Crippen LogP contribution >= 0.6 is 0 Å². The van der Waals surface area contributed by atoms with Crippen molar-refractivity contribution >= 4 is 17.3 Å². The number of benzene rings is 2. The van der Waals surface area contributed by atoms with E-state index in [0.29, 0.717) is 24.4 Å². The van der Waals surface area contributed by atoms with Gasteiger partial charge in [-0.1, -0.05) is 0 Å². The Balaban J connectivity index is 1.43. The van der Waals surface area contributed by atoms with Gasteiger partial charge in [-0.05, 0) is 59.2 Å². The monoisotopic (exact) mass is 380 g/mol. The molecule has 0 spiro atoms. The molecule has 0 aliphatic carbocycles. The summed E-state index contributed by atoms with van der Waals surface area (Å²) in [7, 11) is 0. The Morgan fingerprint density at radius 1 is 1.21 bits per heavy atom. The Morgan fingerprint density at radius 2 is 2.04 bits per heavy atom. The van der Waals surface area contributed by atoms with Crippen molar-refractivity contribution in [2.75, 3.05) is 18.1 Å². The van der Waals surface area contributed by atoms with Crippen molar-refractivity contribution in [3.63, 3.8) is 0 Å². The summed E-state index contributed by atoms with van der Waals surface area (Å²) in [6.45, 7) is 0.436. The molecule has 1 amide bonds. The fourth-order valence-electron chi connectivity index (χ4n) is 3.15. The second-order valence-electron chi connectivity index (χ2n) is 6.26. The number of anilines is 1. The molecule has 3 aromatic rings. The first-order chi connectivity index (χ1) is 13.6. The molecule has 0 N–H and O–H groups in total. The van der Waals surface area contributed by atoms with Crippen molar-refractivity contribution in [3.8, 4) is 11.4 Å². The molecule has 4 rings (SSSR count). The summed E-state index contributed by atoms with van der Waals surface area (Å²) in [5.41, 5.74) is 2.32. The van der Waals surface area contributed by atoms with E-state index in [0.717, 1.165) is 17.7 Å². The van der Waals surface area contributed by atoms with E-state index in [1.165, 1.54) is 23.1 Å². The Labute approximate surface area is 159 Å². The lowest BCUT2D eigenvalue weighted by atomic mass is 10.0. The quantitative estimate of drug-likeness (QED) is 0.490. The zero-order valence-electron chi connectivity index (χ0n) is 14.8. The lowest BCUT2D eigenvalue weighted by Crippen LogP contribution is -2.38. The highest BCUT2D eigenvalue weighted by molar-refractivity contribution is 5.95. The minimum Gasteiger partial charge on any atom is -0.484 e. The summed E-state index contributed by atoms with van der Waals surface area (Å²) in [5.74, 6) is 0.352. The van der Waals surface area contributed by atoms with Gasteiger partial charge in [0.1, 0.15) is 12.1 Å². The number of rotatable bonds is 5. The number of aryl methyl sites for hydroxylation is 1. The first kappa shape index (κ1) is 17.6. The van der Waals surface area contributed by atoms with Gasteiger partial charge in [-0.15, -0.1) is 5.10 Å². The van der Waals surface area contributed by atoms with Crippen LogP contribution in [0.1, 0.15) is 12.0 Å². The van der Waals surface area contributed by atoms with E-state index in [9.17, 15) is 14.9 Å². The molecular weight excluding hydrogens is 364 g/mol. The second-order valence-corrected chi connectivity index (χ2v) is 6.26. The summed E-state index contributed by atoms with van der Waals surface area (Å²) in [6.07, 6.45) is 2.94. The van der Waals surface area contributed by atoms with E-state index in [1.54, 1.807) is 35.2 Å². The molecule has 1 aromatic heterocycles. The van der Waals surface area contributed by atoms with E-state index in [1.807, 2.05) is 0 Å².